The Morgan fingerprint density at radius 2 is 2.14 bits per heavy atom. The zero-order valence-corrected chi connectivity index (χ0v) is 10.3. The van der Waals surface area contributed by atoms with Gasteiger partial charge in [0.25, 0.3) is 0 Å². The zero-order chi connectivity index (χ0) is 9.97. The molecule has 0 bridgehead atoms. The summed E-state index contributed by atoms with van der Waals surface area (Å²) in [5, 5.41) is 0. The lowest BCUT2D eigenvalue weighted by atomic mass is 9.79. The van der Waals surface area contributed by atoms with Crippen molar-refractivity contribution in [3.05, 3.63) is 34.3 Å². The molecule has 1 fully saturated rings. The molecule has 2 rings (SSSR count). The quantitative estimate of drug-likeness (QED) is 0.677. The van der Waals surface area contributed by atoms with Crippen LogP contribution in [0.4, 0.5) is 0 Å². The lowest BCUT2D eigenvalue weighted by Gasteiger charge is -2.27. The van der Waals surface area contributed by atoms with Crippen molar-refractivity contribution >= 4 is 15.9 Å². The molecule has 2 unspecified atom stereocenters. The minimum atomic E-state index is 0.802. The second kappa shape index (κ2) is 4.48. The van der Waals surface area contributed by atoms with E-state index in [-0.39, 0.29) is 0 Å². The van der Waals surface area contributed by atoms with Crippen LogP contribution in [0.3, 0.4) is 0 Å². The topological polar surface area (TPSA) is 0 Å². The van der Waals surface area contributed by atoms with Crippen LogP contribution in [0.1, 0.15) is 44.1 Å². The first-order valence-corrected chi connectivity index (χ1v) is 6.30. The fourth-order valence-corrected chi connectivity index (χ4v) is 2.91. The second-order valence-electron chi connectivity index (χ2n) is 4.52. The van der Waals surface area contributed by atoms with Gasteiger partial charge in [-0.15, -0.1) is 0 Å². The summed E-state index contributed by atoms with van der Waals surface area (Å²) in [7, 11) is 0. The summed E-state index contributed by atoms with van der Waals surface area (Å²) in [4.78, 5) is 0. The Balaban J connectivity index is 2.14. The Morgan fingerprint density at radius 1 is 1.29 bits per heavy atom. The fourth-order valence-electron chi connectivity index (χ4n) is 2.50. The van der Waals surface area contributed by atoms with Gasteiger partial charge in [0.2, 0.25) is 0 Å². The van der Waals surface area contributed by atoms with Gasteiger partial charge in [0, 0.05) is 4.47 Å². The molecule has 1 aromatic rings. The first-order valence-electron chi connectivity index (χ1n) is 5.51. The molecule has 1 heteroatoms. The van der Waals surface area contributed by atoms with E-state index in [2.05, 4.69) is 47.1 Å². The summed E-state index contributed by atoms with van der Waals surface area (Å²) in [6, 6.07) is 8.81. The van der Waals surface area contributed by atoms with Gasteiger partial charge < -0.3 is 0 Å². The van der Waals surface area contributed by atoms with Crippen molar-refractivity contribution in [2.75, 3.05) is 0 Å². The maximum absolute atomic E-state index is 3.54. The van der Waals surface area contributed by atoms with Crippen LogP contribution in [-0.4, -0.2) is 0 Å². The molecule has 14 heavy (non-hydrogen) atoms. The van der Waals surface area contributed by atoms with Crippen molar-refractivity contribution in [1.82, 2.24) is 0 Å². The van der Waals surface area contributed by atoms with Gasteiger partial charge in [-0.05, 0) is 42.4 Å². The SMILES string of the molecule is CC1CCCC(c2cccc(Br)c2)C1. The van der Waals surface area contributed by atoms with Gasteiger partial charge in [0.15, 0.2) is 0 Å². The number of hydrogen-bond acceptors (Lipinski definition) is 0. The summed E-state index contributed by atoms with van der Waals surface area (Å²) in [6.07, 6.45) is 5.57. The Labute approximate surface area is 94.8 Å². The maximum atomic E-state index is 3.54. The first-order chi connectivity index (χ1) is 6.75. The molecule has 0 saturated heterocycles. The highest BCUT2D eigenvalue weighted by Crippen LogP contribution is 2.36. The van der Waals surface area contributed by atoms with Crippen LogP contribution in [0.2, 0.25) is 0 Å². The van der Waals surface area contributed by atoms with Crippen molar-refractivity contribution in [2.24, 2.45) is 5.92 Å². The standard InChI is InChI=1S/C13H17Br/c1-10-4-2-5-11(8-10)12-6-3-7-13(14)9-12/h3,6-7,9-11H,2,4-5,8H2,1H3. The third-order valence-electron chi connectivity index (χ3n) is 3.26. The minimum Gasteiger partial charge on any atom is -0.0625 e. The van der Waals surface area contributed by atoms with Crippen LogP contribution in [0.15, 0.2) is 28.7 Å². The fraction of sp³-hybridized carbons (Fsp3) is 0.538. The predicted molar refractivity (Wildman–Crippen MR) is 64.5 cm³/mol. The molecule has 1 aromatic carbocycles. The predicted octanol–water partition coefficient (Wildman–Crippen LogP) is 4.74. The van der Waals surface area contributed by atoms with E-state index in [0.717, 1.165) is 11.8 Å². The molecular weight excluding hydrogens is 236 g/mol. The Bertz CT molecular complexity index is 306. The monoisotopic (exact) mass is 252 g/mol. The highest BCUT2D eigenvalue weighted by molar-refractivity contribution is 9.10. The molecule has 1 aliphatic carbocycles. The van der Waals surface area contributed by atoms with Crippen LogP contribution >= 0.6 is 15.9 Å². The van der Waals surface area contributed by atoms with E-state index in [1.54, 1.807) is 0 Å². The second-order valence-corrected chi connectivity index (χ2v) is 5.44. The molecule has 0 N–H and O–H groups in total. The summed E-state index contributed by atoms with van der Waals surface area (Å²) in [5.41, 5.74) is 1.52. The maximum Gasteiger partial charge on any atom is 0.0178 e. The number of rotatable bonds is 1. The van der Waals surface area contributed by atoms with Crippen LogP contribution in [0.5, 0.6) is 0 Å². The van der Waals surface area contributed by atoms with Gasteiger partial charge >= 0.3 is 0 Å². The van der Waals surface area contributed by atoms with Crippen molar-refractivity contribution in [3.63, 3.8) is 0 Å². The lowest BCUT2D eigenvalue weighted by molar-refractivity contribution is 0.344. The Morgan fingerprint density at radius 3 is 2.86 bits per heavy atom. The van der Waals surface area contributed by atoms with E-state index in [0.29, 0.717) is 0 Å². The normalized spacial score (nSPS) is 27.6. The molecule has 0 nitrogen and oxygen atoms in total. The molecule has 76 valence electrons. The summed E-state index contributed by atoms with van der Waals surface area (Å²) >= 11 is 3.54. The molecule has 0 heterocycles. The average Bonchev–Trinajstić information content (AvgIpc) is 2.18. The van der Waals surface area contributed by atoms with E-state index in [4.69, 9.17) is 0 Å². The van der Waals surface area contributed by atoms with Gasteiger partial charge in [0.1, 0.15) is 0 Å². The first kappa shape index (κ1) is 10.2. The molecular formula is C13H17Br. The van der Waals surface area contributed by atoms with Gasteiger partial charge in [-0.25, -0.2) is 0 Å². The van der Waals surface area contributed by atoms with Crippen LogP contribution in [-0.2, 0) is 0 Å². The molecule has 0 aliphatic heterocycles. The van der Waals surface area contributed by atoms with Gasteiger partial charge in [-0.1, -0.05) is 47.8 Å². The molecule has 1 aliphatic rings. The molecule has 2 atom stereocenters. The Kier molecular flexibility index (Phi) is 3.27. The highest BCUT2D eigenvalue weighted by atomic mass is 79.9. The van der Waals surface area contributed by atoms with Gasteiger partial charge in [0.05, 0.1) is 0 Å². The third kappa shape index (κ3) is 2.38. The van der Waals surface area contributed by atoms with E-state index in [1.807, 2.05) is 0 Å². The average molecular weight is 253 g/mol. The van der Waals surface area contributed by atoms with Crippen LogP contribution < -0.4 is 0 Å². The lowest BCUT2D eigenvalue weighted by Crippen LogP contribution is -2.11. The number of hydrogen-bond donors (Lipinski definition) is 0. The number of halogens is 1. The highest BCUT2D eigenvalue weighted by Gasteiger charge is 2.20. The molecule has 0 spiro atoms. The van der Waals surface area contributed by atoms with E-state index in [9.17, 15) is 0 Å². The smallest absolute Gasteiger partial charge is 0.0178 e. The number of benzene rings is 1. The minimum absolute atomic E-state index is 0.802. The molecule has 0 aromatic heterocycles. The van der Waals surface area contributed by atoms with E-state index in [1.165, 1.54) is 35.7 Å². The van der Waals surface area contributed by atoms with Gasteiger partial charge in [-0.2, -0.15) is 0 Å². The van der Waals surface area contributed by atoms with Crippen LogP contribution in [0.25, 0.3) is 0 Å². The summed E-state index contributed by atoms with van der Waals surface area (Å²) in [6.45, 7) is 2.38. The molecule has 0 radical (unpaired) electrons. The summed E-state index contributed by atoms with van der Waals surface area (Å²) < 4.78 is 1.22. The van der Waals surface area contributed by atoms with E-state index < -0.39 is 0 Å². The Hall–Kier alpha value is -0.300. The zero-order valence-electron chi connectivity index (χ0n) is 8.67. The molecule has 1 saturated carbocycles. The van der Waals surface area contributed by atoms with Crippen molar-refractivity contribution in [3.8, 4) is 0 Å². The van der Waals surface area contributed by atoms with Crippen molar-refractivity contribution < 1.29 is 0 Å². The van der Waals surface area contributed by atoms with Crippen LogP contribution in [0, 0.1) is 5.92 Å². The third-order valence-corrected chi connectivity index (χ3v) is 3.75. The van der Waals surface area contributed by atoms with Gasteiger partial charge in [-0.3, -0.25) is 0 Å². The van der Waals surface area contributed by atoms with E-state index >= 15 is 0 Å². The van der Waals surface area contributed by atoms with Crippen molar-refractivity contribution in [2.45, 2.75) is 38.5 Å². The largest absolute Gasteiger partial charge is 0.0625 e. The van der Waals surface area contributed by atoms with Crippen molar-refractivity contribution in [1.29, 1.82) is 0 Å². The summed E-state index contributed by atoms with van der Waals surface area (Å²) in [5.74, 6) is 1.71. The molecule has 0 amide bonds.